The number of likely N-dealkylation sites (tertiary alicyclic amines) is 2. The van der Waals surface area contributed by atoms with Crippen LogP contribution in [0.1, 0.15) is 12.8 Å². The lowest BCUT2D eigenvalue weighted by Crippen LogP contribution is -2.32. The summed E-state index contributed by atoms with van der Waals surface area (Å²) in [5.41, 5.74) is 0.407. The smallest absolute Gasteiger partial charge is 0.317 e. The molecule has 14 heavy (non-hydrogen) atoms. The molecule has 80 valence electrons. The maximum Gasteiger partial charge on any atom is 0.317 e. The van der Waals surface area contributed by atoms with Crippen molar-refractivity contribution in [3.05, 3.63) is 0 Å². The molecule has 0 aromatic rings. The lowest BCUT2D eigenvalue weighted by molar-refractivity contribution is -0.138. The molecule has 0 saturated carbocycles. The first-order chi connectivity index (χ1) is 6.60. The third-order valence-corrected chi connectivity index (χ3v) is 3.51. The standard InChI is InChI=1S/C10H18N2O2/c1-11-4-2-10(7-11)3-5-12(8-10)6-9(13)14/h2-8H2,1H3,(H,13,14). The van der Waals surface area contributed by atoms with Gasteiger partial charge in [0.25, 0.3) is 0 Å². The Morgan fingerprint density at radius 3 is 2.64 bits per heavy atom. The number of carboxylic acid groups (broad SMARTS) is 1. The molecule has 0 radical (unpaired) electrons. The van der Waals surface area contributed by atoms with E-state index in [9.17, 15) is 4.79 Å². The summed E-state index contributed by atoms with van der Waals surface area (Å²) in [5, 5.41) is 8.71. The average Bonchev–Trinajstić information content (AvgIpc) is 2.60. The molecule has 1 atom stereocenters. The van der Waals surface area contributed by atoms with Crippen LogP contribution in [0.25, 0.3) is 0 Å². The Bertz CT molecular complexity index is 244. The third kappa shape index (κ3) is 1.91. The first kappa shape index (κ1) is 9.93. The summed E-state index contributed by atoms with van der Waals surface area (Å²) >= 11 is 0. The van der Waals surface area contributed by atoms with Crippen molar-refractivity contribution in [2.24, 2.45) is 5.41 Å². The zero-order valence-corrected chi connectivity index (χ0v) is 8.70. The van der Waals surface area contributed by atoms with E-state index in [-0.39, 0.29) is 6.54 Å². The molecule has 0 aliphatic carbocycles. The van der Waals surface area contributed by atoms with Crippen molar-refractivity contribution in [1.82, 2.24) is 9.80 Å². The van der Waals surface area contributed by atoms with Gasteiger partial charge in [-0.3, -0.25) is 9.69 Å². The first-order valence-corrected chi connectivity index (χ1v) is 5.22. The summed E-state index contributed by atoms with van der Waals surface area (Å²) in [6, 6.07) is 0. The molecule has 4 heteroatoms. The van der Waals surface area contributed by atoms with Crippen LogP contribution in [0.5, 0.6) is 0 Å². The van der Waals surface area contributed by atoms with Crippen molar-refractivity contribution in [1.29, 1.82) is 0 Å². The Hall–Kier alpha value is -0.610. The fourth-order valence-corrected chi connectivity index (χ4v) is 2.85. The van der Waals surface area contributed by atoms with E-state index in [0.29, 0.717) is 5.41 Å². The van der Waals surface area contributed by atoms with Gasteiger partial charge in [-0.15, -0.1) is 0 Å². The molecule has 1 N–H and O–H groups in total. The van der Waals surface area contributed by atoms with Gasteiger partial charge in [0.05, 0.1) is 6.54 Å². The van der Waals surface area contributed by atoms with E-state index in [2.05, 4.69) is 16.8 Å². The van der Waals surface area contributed by atoms with Crippen LogP contribution >= 0.6 is 0 Å². The Kier molecular flexibility index (Phi) is 2.49. The van der Waals surface area contributed by atoms with Crippen LogP contribution < -0.4 is 0 Å². The van der Waals surface area contributed by atoms with E-state index < -0.39 is 5.97 Å². The number of carbonyl (C=O) groups is 1. The first-order valence-electron chi connectivity index (χ1n) is 5.22. The van der Waals surface area contributed by atoms with Gasteiger partial charge in [-0.05, 0) is 38.4 Å². The van der Waals surface area contributed by atoms with E-state index in [1.54, 1.807) is 0 Å². The highest BCUT2D eigenvalue weighted by atomic mass is 16.4. The van der Waals surface area contributed by atoms with Gasteiger partial charge >= 0.3 is 5.97 Å². The zero-order chi connectivity index (χ0) is 10.2. The molecular weight excluding hydrogens is 180 g/mol. The van der Waals surface area contributed by atoms with Crippen LogP contribution in [-0.2, 0) is 4.79 Å². The highest BCUT2D eigenvalue weighted by Crippen LogP contribution is 2.38. The molecule has 2 aliphatic rings. The highest BCUT2D eigenvalue weighted by Gasteiger charge is 2.42. The lowest BCUT2D eigenvalue weighted by atomic mass is 9.86. The number of carboxylic acids is 1. The largest absolute Gasteiger partial charge is 0.480 e. The van der Waals surface area contributed by atoms with Crippen molar-refractivity contribution in [3.8, 4) is 0 Å². The molecule has 0 aromatic carbocycles. The van der Waals surface area contributed by atoms with Crippen LogP contribution in [0.15, 0.2) is 0 Å². The summed E-state index contributed by atoms with van der Waals surface area (Å²) in [6.07, 6.45) is 2.41. The number of rotatable bonds is 2. The Morgan fingerprint density at radius 1 is 1.36 bits per heavy atom. The van der Waals surface area contributed by atoms with E-state index in [4.69, 9.17) is 5.11 Å². The molecule has 1 spiro atoms. The van der Waals surface area contributed by atoms with Gasteiger partial charge in [0.1, 0.15) is 0 Å². The fraction of sp³-hybridized carbons (Fsp3) is 0.900. The number of aliphatic carboxylic acids is 1. The SMILES string of the molecule is CN1CCC2(CCN(CC(=O)O)C2)C1. The van der Waals surface area contributed by atoms with Crippen LogP contribution in [0.2, 0.25) is 0 Å². The summed E-state index contributed by atoms with van der Waals surface area (Å²) in [7, 11) is 2.15. The number of hydrogen-bond donors (Lipinski definition) is 1. The molecule has 2 rings (SSSR count). The van der Waals surface area contributed by atoms with Crippen molar-refractivity contribution in [2.45, 2.75) is 12.8 Å². The van der Waals surface area contributed by atoms with E-state index in [1.165, 1.54) is 19.4 Å². The summed E-state index contributed by atoms with van der Waals surface area (Å²) in [5.74, 6) is -0.701. The Labute approximate surface area is 84.5 Å². The summed E-state index contributed by atoms with van der Waals surface area (Å²) < 4.78 is 0. The second-order valence-electron chi connectivity index (χ2n) is 4.84. The van der Waals surface area contributed by atoms with Crippen molar-refractivity contribution in [2.75, 3.05) is 39.8 Å². The van der Waals surface area contributed by atoms with Crippen LogP contribution in [0.3, 0.4) is 0 Å². The predicted molar refractivity (Wildman–Crippen MR) is 53.2 cm³/mol. The molecular formula is C10H18N2O2. The maximum absolute atomic E-state index is 10.6. The molecule has 0 amide bonds. The molecule has 2 fully saturated rings. The van der Waals surface area contributed by atoms with Crippen LogP contribution in [-0.4, -0.2) is 60.6 Å². The van der Waals surface area contributed by atoms with Crippen molar-refractivity contribution in [3.63, 3.8) is 0 Å². The van der Waals surface area contributed by atoms with Gasteiger partial charge < -0.3 is 10.0 Å². The Morgan fingerprint density at radius 2 is 2.07 bits per heavy atom. The third-order valence-electron chi connectivity index (χ3n) is 3.51. The van der Waals surface area contributed by atoms with Crippen molar-refractivity contribution >= 4 is 5.97 Å². The van der Waals surface area contributed by atoms with Crippen LogP contribution in [0, 0.1) is 5.41 Å². The minimum absolute atomic E-state index is 0.214. The molecule has 0 bridgehead atoms. The molecule has 2 aliphatic heterocycles. The number of nitrogens with zero attached hydrogens (tertiary/aromatic N) is 2. The summed E-state index contributed by atoms with van der Waals surface area (Å²) in [4.78, 5) is 15.0. The maximum atomic E-state index is 10.6. The minimum atomic E-state index is -0.701. The topological polar surface area (TPSA) is 43.8 Å². The van der Waals surface area contributed by atoms with E-state index in [0.717, 1.165) is 19.6 Å². The summed E-state index contributed by atoms with van der Waals surface area (Å²) in [6.45, 7) is 4.46. The number of hydrogen-bond acceptors (Lipinski definition) is 3. The molecule has 2 heterocycles. The van der Waals surface area contributed by atoms with Gasteiger partial charge in [0.2, 0.25) is 0 Å². The van der Waals surface area contributed by atoms with Gasteiger partial charge in [-0.2, -0.15) is 0 Å². The van der Waals surface area contributed by atoms with Crippen molar-refractivity contribution < 1.29 is 9.90 Å². The normalized spacial score (nSPS) is 34.4. The predicted octanol–water partition coefficient (Wildman–Crippen LogP) is 0.0986. The average molecular weight is 198 g/mol. The molecule has 2 saturated heterocycles. The van der Waals surface area contributed by atoms with Gasteiger partial charge in [0.15, 0.2) is 0 Å². The minimum Gasteiger partial charge on any atom is -0.480 e. The Balaban J connectivity index is 1.91. The molecule has 1 unspecified atom stereocenters. The second-order valence-corrected chi connectivity index (χ2v) is 4.84. The lowest BCUT2D eigenvalue weighted by Gasteiger charge is -2.23. The van der Waals surface area contributed by atoms with Gasteiger partial charge in [-0.1, -0.05) is 0 Å². The molecule has 4 nitrogen and oxygen atoms in total. The van der Waals surface area contributed by atoms with E-state index >= 15 is 0 Å². The zero-order valence-electron chi connectivity index (χ0n) is 8.70. The molecule has 0 aromatic heterocycles. The van der Waals surface area contributed by atoms with Crippen LogP contribution in [0.4, 0.5) is 0 Å². The fourth-order valence-electron chi connectivity index (χ4n) is 2.85. The van der Waals surface area contributed by atoms with E-state index in [1.807, 2.05) is 0 Å². The second kappa shape index (κ2) is 3.51. The monoisotopic (exact) mass is 198 g/mol. The quantitative estimate of drug-likeness (QED) is 0.683. The highest BCUT2D eigenvalue weighted by molar-refractivity contribution is 5.69. The van der Waals surface area contributed by atoms with Gasteiger partial charge in [0, 0.05) is 13.1 Å². The van der Waals surface area contributed by atoms with Gasteiger partial charge in [-0.25, -0.2) is 0 Å².